The van der Waals surface area contributed by atoms with Crippen molar-refractivity contribution in [2.75, 3.05) is 0 Å². The molecular weight excluding hydrogens is 295 g/mol. The Morgan fingerprint density at radius 2 is 2.14 bits per heavy atom. The van der Waals surface area contributed by atoms with Crippen molar-refractivity contribution in [1.29, 1.82) is 0 Å². The van der Waals surface area contributed by atoms with E-state index in [1.165, 1.54) is 18.2 Å². The topological polar surface area (TPSA) is 55.1 Å². The Labute approximate surface area is 127 Å². The largest absolute Gasteiger partial charge is 0.478 e. The van der Waals surface area contributed by atoms with Crippen LogP contribution in [-0.2, 0) is 12.8 Å². The van der Waals surface area contributed by atoms with E-state index in [1.807, 2.05) is 13.8 Å². The fraction of sp³-hybridized carbons (Fsp3) is 0.333. The van der Waals surface area contributed by atoms with E-state index >= 15 is 0 Å². The molecular formula is C15H16ClFN2O2. The number of aromatic carboxylic acids is 1. The lowest BCUT2D eigenvalue weighted by Crippen LogP contribution is -2.06. The van der Waals surface area contributed by atoms with E-state index in [9.17, 15) is 14.3 Å². The van der Waals surface area contributed by atoms with Crippen molar-refractivity contribution >= 4 is 17.6 Å². The minimum Gasteiger partial charge on any atom is -0.478 e. The van der Waals surface area contributed by atoms with Crippen LogP contribution in [-0.4, -0.2) is 20.9 Å². The average molecular weight is 311 g/mol. The van der Waals surface area contributed by atoms with Crippen molar-refractivity contribution in [3.8, 4) is 5.69 Å². The predicted molar refractivity (Wildman–Crippen MR) is 78.9 cm³/mol. The van der Waals surface area contributed by atoms with Crippen LogP contribution in [0, 0.1) is 5.82 Å². The standard InChI is InChI=1S/C15H16ClFN2O2/c1-3-5-12-14(15(20)21)13(4-2)19(18-12)9-6-7-11(17)10(16)8-9/h6-8H,3-5H2,1-2H3,(H,20,21). The summed E-state index contributed by atoms with van der Waals surface area (Å²) in [6, 6.07) is 4.23. The maximum Gasteiger partial charge on any atom is 0.339 e. The van der Waals surface area contributed by atoms with E-state index in [0.717, 1.165) is 6.42 Å². The molecule has 0 atom stereocenters. The number of rotatable bonds is 5. The highest BCUT2D eigenvalue weighted by atomic mass is 35.5. The van der Waals surface area contributed by atoms with E-state index in [-0.39, 0.29) is 10.6 Å². The highest BCUT2D eigenvalue weighted by Crippen LogP contribution is 2.24. The first-order chi connectivity index (χ1) is 9.99. The first-order valence-electron chi connectivity index (χ1n) is 6.79. The smallest absolute Gasteiger partial charge is 0.339 e. The van der Waals surface area contributed by atoms with Crippen molar-refractivity contribution in [2.45, 2.75) is 33.1 Å². The van der Waals surface area contributed by atoms with Crippen LogP contribution in [0.5, 0.6) is 0 Å². The molecule has 0 saturated carbocycles. The average Bonchev–Trinajstić information content (AvgIpc) is 2.81. The molecule has 0 fully saturated rings. The Balaban J connectivity index is 2.64. The number of benzene rings is 1. The molecule has 1 aromatic carbocycles. The number of carbonyl (C=O) groups is 1. The summed E-state index contributed by atoms with van der Waals surface area (Å²) in [6.45, 7) is 3.83. The van der Waals surface area contributed by atoms with Gasteiger partial charge in [0.2, 0.25) is 0 Å². The molecule has 1 N–H and O–H groups in total. The number of nitrogens with zero attached hydrogens (tertiary/aromatic N) is 2. The van der Waals surface area contributed by atoms with E-state index in [0.29, 0.717) is 29.9 Å². The van der Waals surface area contributed by atoms with Gasteiger partial charge in [-0.2, -0.15) is 5.10 Å². The molecule has 0 spiro atoms. The minimum atomic E-state index is -0.991. The molecule has 0 unspecified atom stereocenters. The molecule has 2 rings (SSSR count). The van der Waals surface area contributed by atoms with Gasteiger partial charge in [-0.05, 0) is 31.0 Å². The number of hydrogen-bond acceptors (Lipinski definition) is 2. The predicted octanol–water partition coefficient (Wildman–Crippen LogP) is 3.88. The highest BCUT2D eigenvalue weighted by Gasteiger charge is 2.22. The quantitative estimate of drug-likeness (QED) is 0.912. The molecule has 0 aliphatic carbocycles. The SMILES string of the molecule is CCCc1nn(-c2ccc(F)c(Cl)c2)c(CC)c1C(=O)O. The molecule has 21 heavy (non-hydrogen) atoms. The second kappa shape index (κ2) is 6.26. The summed E-state index contributed by atoms with van der Waals surface area (Å²) < 4.78 is 14.8. The minimum absolute atomic E-state index is 0.0148. The van der Waals surface area contributed by atoms with Crippen molar-refractivity contribution in [1.82, 2.24) is 9.78 Å². The molecule has 0 radical (unpaired) electrons. The normalized spacial score (nSPS) is 10.9. The monoisotopic (exact) mass is 310 g/mol. The lowest BCUT2D eigenvalue weighted by Gasteiger charge is -2.07. The lowest BCUT2D eigenvalue weighted by molar-refractivity contribution is 0.0694. The maximum absolute atomic E-state index is 13.3. The fourth-order valence-corrected chi connectivity index (χ4v) is 2.49. The van der Waals surface area contributed by atoms with Gasteiger partial charge in [0, 0.05) is 0 Å². The van der Waals surface area contributed by atoms with E-state index in [2.05, 4.69) is 5.10 Å². The third kappa shape index (κ3) is 2.93. The number of aryl methyl sites for hydroxylation is 1. The molecule has 4 nitrogen and oxygen atoms in total. The van der Waals surface area contributed by atoms with Crippen LogP contribution >= 0.6 is 11.6 Å². The zero-order chi connectivity index (χ0) is 15.6. The zero-order valence-electron chi connectivity index (χ0n) is 11.9. The van der Waals surface area contributed by atoms with Gasteiger partial charge in [0.05, 0.1) is 22.1 Å². The third-order valence-electron chi connectivity index (χ3n) is 3.24. The Bertz CT molecular complexity index is 683. The lowest BCUT2D eigenvalue weighted by atomic mass is 10.1. The van der Waals surface area contributed by atoms with Gasteiger partial charge in [-0.25, -0.2) is 13.9 Å². The van der Waals surface area contributed by atoms with Crippen LogP contribution in [0.3, 0.4) is 0 Å². The summed E-state index contributed by atoms with van der Waals surface area (Å²) >= 11 is 5.80. The number of hydrogen-bond donors (Lipinski definition) is 1. The van der Waals surface area contributed by atoms with Crippen LogP contribution in [0.2, 0.25) is 5.02 Å². The first kappa shape index (κ1) is 15.5. The molecule has 112 valence electrons. The zero-order valence-corrected chi connectivity index (χ0v) is 12.6. The fourth-order valence-electron chi connectivity index (χ4n) is 2.32. The number of carboxylic acids is 1. The van der Waals surface area contributed by atoms with E-state index in [4.69, 9.17) is 11.6 Å². The summed E-state index contributed by atoms with van der Waals surface area (Å²) in [5.74, 6) is -1.51. The van der Waals surface area contributed by atoms with Gasteiger partial charge in [0.25, 0.3) is 0 Å². The molecule has 0 bridgehead atoms. The number of carboxylic acid groups (broad SMARTS) is 1. The molecule has 6 heteroatoms. The van der Waals surface area contributed by atoms with E-state index < -0.39 is 11.8 Å². The molecule has 2 aromatic rings. The van der Waals surface area contributed by atoms with Gasteiger partial charge >= 0.3 is 5.97 Å². The first-order valence-corrected chi connectivity index (χ1v) is 7.16. The third-order valence-corrected chi connectivity index (χ3v) is 3.53. The number of aromatic nitrogens is 2. The second-order valence-electron chi connectivity index (χ2n) is 4.69. The van der Waals surface area contributed by atoms with Crippen LogP contribution in [0.4, 0.5) is 4.39 Å². The molecule has 0 aliphatic rings. The molecule has 1 aromatic heterocycles. The summed E-state index contributed by atoms with van der Waals surface area (Å²) in [5, 5.41) is 13.8. The van der Waals surface area contributed by atoms with Gasteiger partial charge in [-0.15, -0.1) is 0 Å². The summed E-state index contributed by atoms with van der Waals surface area (Å²) in [4.78, 5) is 11.5. The Hall–Kier alpha value is -1.88. The van der Waals surface area contributed by atoms with Crippen LogP contribution < -0.4 is 0 Å². The maximum atomic E-state index is 13.3. The summed E-state index contributed by atoms with van der Waals surface area (Å²) in [6.07, 6.45) is 1.88. The summed E-state index contributed by atoms with van der Waals surface area (Å²) in [5.41, 5.74) is 1.93. The molecule has 1 heterocycles. The van der Waals surface area contributed by atoms with Gasteiger partial charge in [0.1, 0.15) is 11.4 Å². The van der Waals surface area contributed by atoms with Crippen LogP contribution in [0.1, 0.15) is 42.0 Å². The van der Waals surface area contributed by atoms with Gasteiger partial charge in [-0.3, -0.25) is 0 Å². The Morgan fingerprint density at radius 1 is 1.43 bits per heavy atom. The van der Waals surface area contributed by atoms with Crippen molar-refractivity contribution in [2.24, 2.45) is 0 Å². The highest BCUT2D eigenvalue weighted by molar-refractivity contribution is 6.30. The van der Waals surface area contributed by atoms with Gasteiger partial charge in [0.15, 0.2) is 0 Å². The van der Waals surface area contributed by atoms with Crippen LogP contribution in [0.15, 0.2) is 18.2 Å². The molecule has 0 amide bonds. The van der Waals surface area contributed by atoms with Crippen LogP contribution in [0.25, 0.3) is 5.69 Å². The Kier molecular flexibility index (Phi) is 4.63. The molecule has 0 saturated heterocycles. The van der Waals surface area contributed by atoms with Crippen molar-refractivity contribution in [3.05, 3.63) is 46.0 Å². The Morgan fingerprint density at radius 3 is 2.67 bits per heavy atom. The number of halogens is 2. The van der Waals surface area contributed by atoms with Gasteiger partial charge in [-0.1, -0.05) is 31.9 Å². The molecule has 0 aliphatic heterocycles. The second-order valence-corrected chi connectivity index (χ2v) is 5.09. The van der Waals surface area contributed by atoms with Gasteiger partial charge < -0.3 is 5.11 Å². The van der Waals surface area contributed by atoms with Crippen molar-refractivity contribution < 1.29 is 14.3 Å². The van der Waals surface area contributed by atoms with Crippen molar-refractivity contribution in [3.63, 3.8) is 0 Å². The van der Waals surface area contributed by atoms with E-state index in [1.54, 1.807) is 4.68 Å². The summed E-state index contributed by atoms with van der Waals surface area (Å²) in [7, 11) is 0.